The molecule has 3 N–H and O–H groups in total. The van der Waals surface area contributed by atoms with Crippen molar-refractivity contribution in [2.75, 3.05) is 26.9 Å². The van der Waals surface area contributed by atoms with Gasteiger partial charge in [0.05, 0.1) is 13.2 Å². The summed E-state index contributed by atoms with van der Waals surface area (Å²) in [6.07, 6.45) is 6.00. The Hall–Kier alpha value is -1.78. The summed E-state index contributed by atoms with van der Waals surface area (Å²) in [6.45, 7) is 4.86. The molecular formula is C20H29FN2O5S. The molecule has 0 fully saturated rings. The van der Waals surface area contributed by atoms with E-state index in [2.05, 4.69) is 5.32 Å². The molecular weight excluding hydrogens is 399 g/mol. The van der Waals surface area contributed by atoms with Gasteiger partial charge in [0.1, 0.15) is 16.7 Å². The highest BCUT2D eigenvalue weighted by atomic mass is 32.2. The zero-order valence-electron chi connectivity index (χ0n) is 16.9. The maximum atomic E-state index is 14.5. The summed E-state index contributed by atoms with van der Waals surface area (Å²) in [4.78, 5) is -0.0247. The molecule has 7 nitrogen and oxygen atoms in total. The fourth-order valence-electron chi connectivity index (χ4n) is 3.02. The van der Waals surface area contributed by atoms with Crippen molar-refractivity contribution >= 4 is 10.0 Å². The number of hydrogen-bond acceptors (Lipinski definition) is 6. The molecule has 1 aliphatic carbocycles. The molecule has 162 valence electrons. The van der Waals surface area contributed by atoms with Gasteiger partial charge in [-0.25, -0.2) is 17.9 Å². The zero-order valence-corrected chi connectivity index (χ0v) is 17.7. The van der Waals surface area contributed by atoms with Crippen molar-refractivity contribution in [1.82, 2.24) is 5.32 Å². The molecule has 2 rings (SSSR count). The second kappa shape index (κ2) is 10.3. The first-order chi connectivity index (χ1) is 13.7. The number of benzene rings is 1. The summed E-state index contributed by atoms with van der Waals surface area (Å²) in [6, 6.07) is 4.99. The van der Waals surface area contributed by atoms with Crippen LogP contribution in [0.25, 0.3) is 0 Å². The molecule has 1 aromatic rings. The lowest BCUT2D eigenvalue weighted by molar-refractivity contribution is -0.158. The Kier molecular flexibility index (Phi) is 8.35. The van der Waals surface area contributed by atoms with Crippen LogP contribution in [0.15, 0.2) is 47.4 Å². The predicted molar refractivity (Wildman–Crippen MR) is 109 cm³/mol. The molecule has 0 heterocycles. The Morgan fingerprint density at radius 2 is 2.10 bits per heavy atom. The number of alkyl halides is 1. The summed E-state index contributed by atoms with van der Waals surface area (Å²) in [5, 5.41) is 8.57. The Balaban J connectivity index is 1.87. The molecule has 3 atom stereocenters. The SMILES string of the molecule is CCOc1ccc(CC(C)NCCOC2C=CC=CC2(F)OC)cc1S(N)(=O)=O. The molecule has 0 saturated carbocycles. The number of nitrogens with two attached hydrogens (primary N) is 1. The van der Waals surface area contributed by atoms with Crippen molar-refractivity contribution in [3.8, 4) is 5.75 Å². The number of ether oxygens (including phenoxy) is 3. The van der Waals surface area contributed by atoms with Crippen LogP contribution in [0.2, 0.25) is 0 Å². The van der Waals surface area contributed by atoms with E-state index in [0.717, 1.165) is 5.56 Å². The number of methoxy groups -OCH3 is 1. The van der Waals surface area contributed by atoms with Crippen LogP contribution in [0.3, 0.4) is 0 Å². The second-order valence-electron chi connectivity index (χ2n) is 6.76. The van der Waals surface area contributed by atoms with E-state index in [0.29, 0.717) is 19.6 Å². The second-order valence-corrected chi connectivity index (χ2v) is 8.29. The third-order valence-corrected chi connectivity index (χ3v) is 5.40. The van der Waals surface area contributed by atoms with Crippen molar-refractivity contribution in [2.24, 2.45) is 5.14 Å². The van der Waals surface area contributed by atoms with Gasteiger partial charge in [-0.1, -0.05) is 18.2 Å². The lowest BCUT2D eigenvalue weighted by atomic mass is 10.1. The van der Waals surface area contributed by atoms with E-state index in [1.807, 2.05) is 13.0 Å². The highest BCUT2D eigenvalue weighted by Gasteiger charge is 2.37. The van der Waals surface area contributed by atoms with Crippen molar-refractivity contribution in [3.63, 3.8) is 0 Å². The molecule has 0 spiro atoms. The number of sulfonamides is 1. The van der Waals surface area contributed by atoms with E-state index in [1.54, 1.807) is 31.2 Å². The maximum Gasteiger partial charge on any atom is 0.258 e. The van der Waals surface area contributed by atoms with Crippen LogP contribution < -0.4 is 15.2 Å². The maximum absolute atomic E-state index is 14.5. The molecule has 0 aromatic heterocycles. The molecule has 3 unspecified atom stereocenters. The van der Waals surface area contributed by atoms with Gasteiger partial charge in [0.2, 0.25) is 10.0 Å². The first-order valence-electron chi connectivity index (χ1n) is 9.43. The summed E-state index contributed by atoms with van der Waals surface area (Å²) >= 11 is 0. The van der Waals surface area contributed by atoms with E-state index < -0.39 is 22.0 Å². The van der Waals surface area contributed by atoms with Crippen LogP contribution in [0.4, 0.5) is 4.39 Å². The number of halogens is 1. The number of hydrogen-bond donors (Lipinski definition) is 2. The van der Waals surface area contributed by atoms with Gasteiger partial charge < -0.3 is 19.5 Å². The Bertz CT molecular complexity index is 843. The predicted octanol–water partition coefficient (Wildman–Crippen LogP) is 2.08. The monoisotopic (exact) mass is 428 g/mol. The molecule has 1 aromatic carbocycles. The number of nitrogens with one attached hydrogen (secondary N) is 1. The van der Waals surface area contributed by atoms with Crippen LogP contribution >= 0.6 is 0 Å². The summed E-state index contributed by atoms with van der Waals surface area (Å²) in [5.74, 6) is -1.72. The molecule has 1 aliphatic rings. The highest BCUT2D eigenvalue weighted by Crippen LogP contribution is 2.26. The fourth-order valence-corrected chi connectivity index (χ4v) is 3.75. The lowest BCUT2D eigenvalue weighted by Gasteiger charge is -2.29. The molecule has 0 aliphatic heterocycles. The quantitative estimate of drug-likeness (QED) is 0.524. The fraction of sp³-hybridized carbons (Fsp3) is 0.500. The van der Waals surface area contributed by atoms with Gasteiger partial charge in [0.25, 0.3) is 5.85 Å². The van der Waals surface area contributed by atoms with Crippen molar-refractivity contribution in [3.05, 3.63) is 48.1 Å². The first kappa shape index (κ1) is 23.5. The van der Waals surface area contributed by atoms with Crippen LogP contribution in [-0.2, 0) is 25.9 Å². The molecule has 0 saturated heterocycles. The van der Waals surface area contributed by atoms with Gasteiger partial charge in [0, 0.05) is 19.7 Å². The number of allylic oxidation sites excluding steroid dienone is 2. The van der Waals surface area contributed by atoms with E-state index in [9.17, 15) is 12.8 Å². The van der Waals surface area contributed by atoms with Gasteiger partial charge in [-0.15, -0.1) is 0 Å². The average Bonchev–Trinajstić information content (AvgIpc) is 2.67. The lowest BCUT2D eigenvalue weighted by Crippen LogP contribution is -2.41. The third-order valence-electron chi connectivity index (χ3n) is 4.47. The van der Waals surface area contributed by atoms with Gasteiger partial charge in [-0.3, -0.25) is 0 Å². The molecule has 0 bridgehead atoms. The van der Waals surface area contributed by atoms with E-state index >= 15 is 0 Å². The van der Waals surface area contributed by atoms with E-state index in [1.165, 1.54) is 19.3 Å². The van der Waals surface area contributed by atoms with Crippen LogP contribution in [0.5, 0.6) is 5.75 Å². The van der Waals surface area contributed by atoms with Crippen LogP contribution in [0.1, 0.15) is 19.4 Å². The Morgan fingerprint density at radius 1 is 1.34 bits per heavy atom. The molecule has 29 heavy (non-hydrogen) atoms. The van der Waals surface area contributed by atoms with Crippen molar-refractivity contribution in [2.45, 2.75) is 43.2 Å². The smallest absolute Gasteiger partial charge is 0.258 e. The summed E-state index contributed by atoms with van der Waals surface area (Å²) < 4.78 is 53.9. The summed E-state index contributed by atoms with van der Waals surface area (Å²) in [5.41, 5.74) is 0.806. The topological polar surface area (TPSA) is 99.9 Å². The third kappa shape index (κ3) is 6.61. The van der Waals surface area contributed by atoms with Crippen LogP contribution in [0, 0.1) is 0 Å². The van der Waals surface area contributed by atoms with Crippen molar-refractivity contribution in [1.29, 1.82) is 0 Å². The average molecular weight is 429 g/mol. The first-order valence-corrected chi connectivity index (χ1v) is 11.0. The van der Waals surface area contributed by atoms with Gasteiger partial charge in [0.15, 0.2) is 0 Å². The largest absolute Gasteiger partial charge is 0.492 e. The highest BCUT2D eigenvalue weighted by molar-refractivity contribution is 7.89. The molecule has 0 radical (unpaired) electrons. The van der Waals surface area contributed by atoms with E-state index in [-0.39, 0.29) is 23.3 Å². The Labute approximate surface area is 171 Å². The van der Waals surface area contributed by atoms with Crippen LogP contribution in [-0.4, -0.2) is 53.3 Å². The number of primary sulfonamides is 1. The molecule has 0 amide bonds. The zero-order chi connectivity index (χ0) is 21.5. The minimum Gasteiger partial charge on any atom is -0.492 e. The minimum absolute atomic E-state index is 0.0247. The molecule has 9 heteroatoms. The Morgan fingerprint density at radius 3 is 2.76 bits per heavy atom. The number of rotatable bonds is 11. The van der Waals surface area contributed by atoms with E-state index in [4.69, 9.17) is 19.3 Å². The normalized spacial score (nSPS) is 22.6. The van der Waals surface area contributed by atoms with Gasteiger partial charge in [-0.2, -0.15) is 0 Å². The van der Waals surface area contributed by atoms with Gasteiger partial charge in [-0.05, 0) is 50.1 Å². The minimum atomic E-state index is -3.89. The van der Waals surface area contributed by atoms with Crippen molar-refractivity contribution < 1.29 is 27.0 Å². The standard InChI is InChI=1S/C20H29FN2O5S/c1-4-27-17-9-8-16(14-18(17)29(22,24)25)13-15(2)23-11-12-28-19-7-5-6-10-20(19,21)26-3/h5-10,14-15,19,23H,4,11-13H2,1-3H3,(H2,22,24,25). The summed E-state index contributed by atoms with van der Waals surface area (Å²) in [7, 11) is -2.59. The van der Waals surface area contributed by atoms with Gasteiger partial charge >= 0.3 is 0 Å².